The summed E-state index contributed by atoms with van der Waals surface area (Å²) in [5.41, 5.74) is -1.20. The van der Waals surface area contributed by atoms with E-state index in [4.69, 9.17) is 4.74 Å². The van der Waals surface area contributed by atoms with E-state index in [2.05, 4.69) is 20.1 Å². The lowest BCUT2D eigenvalue weighted by Crippen LogP contribution is -2.22. The second-order valence-electron chi connectivity index (χ2n) is 6.10. The molecule has 1 N–H and O–H groups in total. The zero-order chi connectivity index (χ0) is 23.3. The molecule has 3 rings (SSSR count). The molecule has 0 fully saturated rings. The van der Waals surface area contributed by atoms with Gasteiger partial charge in [0.2, 0.25) is 0 Å². The van der Waals surface area contributed by atoms with Crippen LogP contribution < -0.4 is 10.1 Å². The van der Waals surface area contributed by atoms with Crippen LogP contribution in [0.3, 0.4) is 0 Å². The highest BCUT2D eigenvalue weighted by Gasteiger charge is 2.31. The van der Waals surface area contributed by atoms with E-state index in [-0.39, 0.29) is 22.7 Å². The molecule has 0 saturated carbocycles. The second-order valence-corrected chi connectivity index (χ2v) is 6.10. The molecular formula is C19H13F5N4O4. The fourth-order valence-electron chi connectivity index (χ4n) is 2.52. The second kappa shape index (κ2) is 9.41. The molecule has 2 aromatic carbocycles. The zero-order valence-electron chi connectivity index (χ0n) is 15.8. The first kappa shape index (κ1) is 22.7. The Labute approximate surface area is 176 Å². The van der Waals surface area contributed by atoms with Crippen LogP contribution in [0.25, 0.3) is 5.69 Å². The number of halogens is 5. The summed E-state index contributed by atoms with van der Waals surface area (Å²) >= 11 is 0. The van der Waals surface area contributed by atoms with Crippen molar-refractivity contribution in [2.24, 2.45) is 0 Å². The highest BCUT2D eigenvalue weighted by Crippen LogP contribution is 2.33. The zero-order valence-corrected chi connectivity index (χ0v) is 15.8. The predicted octanol–water partition coefficient (Wildman–Crippen LogP) is 3.68. The number of rotatable bonds is 7. The maximum absolute atomic E-state index is 13.1. The molecule has 0 aliphatic carbocycles. The number of anilines is 1. The van der Waals surface area contributed by atoms with Crippen molar-refractivity contribution in [1.29, 1.82) is 0 Å². The molecule has 8 nitrogen and oxygen atoms in total. The Morgan fingerprint density at radius 3 is 2.41 bits per heavy atom. The molecule has 1 heterocycles. The average molecular weight is 456 g/mol. The number of hydrogen-bond donors (Lipinski definition) is 1. The third-order valence-corrected chi connectivity index (χ3v) is 3.91. The van der Waals surface area contributed by atoms with Crippen molar-refractivity contribution in [3.8, 4) is 11.4 Å². The van der Waals surface area contributed by atoms with Gasteiger partial charge >= 0.3 is 18.8 Å². The predicted molar refractivity (Wildman–Crippen MR) is 98.3 cm³/mol. The molecule has 0 unspecified atom stereocenters. The van der Waals surface area contributed by atoms with Crippen LogP contribution >= 0.6 is 0 Å². The molecular weight excluding hydrogens is 443 g/mol. The molecule has 0 atom stereocenters. The van der Waals surface area contributed by atoms with Crippen molar-refractivity contribution < 1.29 is 41.0 Å². The van der Waals surface area contributed by atoms with Crippen molar-refractivity contribution in [2.75, 3.05) is 11.9 Å². The van der Waals surface area contributed by atoms with E-state index in [1.807, 2.05) is 0 Å². The summed E-state index contributed by atoms with van der Waals surface area (Å²) in [6.07, 6.45) is -2.28. The van der Waals surface area contributed by atoms with E-state index in [0.29, 0.717) is 6.07 Å². The van der Waals surface area contributed by atoms with Crippen molar-refractivity contribution in [3.63, 3.8) is 0 Å². The fraction of sp³-hybridized carbons (Fsp3) is 0.158. The SMILES string of the molecule is O=C(COC(=O)c1ccc(OC(F)F)cc1)Nc1cc(C(F)(F)F)ccc1-n1cncn1. The van der Waals surface area contributed by atoms with Crippen molar-refractivity contribution in [2.45, 2.75) is 12.8 Å². The first-order chi connectivity index (χ1) is 15.1. The Kier molecular flexibility index (Phi) is 6.66. The van der Waals surface area contributed by atoms with Crippen LogP contribution in [0.4, 0.5) is 27.6 Å². The summed E-state index contributed by atoms with van der Waals surface area (Å²) in [6.45, 7) is -3.85. The van der Waals surface area contributed by atoms with Gasteiger partial charge in [-0.05, 0) is 42.5 Å². The summed E-state index contributed by atoms with van der Waals surface area (Å²) in [7, 11) is 0. The highest BCUT2D eigenvalue weighted by molar-refractivity contribution is 5.96. The minimum Gasteiger partial charge on any atom is -0.452 e. The van der Waals surface area contributed by atoms with Crippen molar-refractivity contribution in [1.82, 2.24) is 14.8 Å². The molecule has 0 spiro atoms. The molecule has 13 heteroatoms. The average Bonchev–Trinajstić information content (AvgIpc) is 3.26. The summed E-state index contributed by atoms with van der Waals surface area (Å²) in [5.74, 6) is -2.06. The van der Waals surface area contributed by atoms with Crippen molar-refractivity contribution in [3.05, 3.63) is 66.2 Å². The number of amides is 1. The summed E-state index contributed by atoms with van der Waals surface area (Å²) < 4.78 is 73.6. The van der Waals surface area contributed by atoms with E-state index in [9.17, 15) is 31.5 Å². The van der Waals surface area contributed by atoms with Crippen LogP contribution in [0.5, 0.6) is 5.75 Å². The fourth-order valence-corrected chi connectivity index (χ4v) is 2.52. The lowest BCUT2D eigenvalue weighted by atomic mass is 10.1. The Bertz CT molecular complexity index is 1090. The number of alkyl halides is 5. The lowest BCUT2D eigenvalue weighted by molar-refractivity contribution is -0.137. The molecule has 0 bridgehead atoms. The van der Waals surface area contributed by atoms with Crippen LogP contribution in [-0.4, -0.2) is 39.9 Å². The van der Waals surface area contributed by atoms with Gasteiger partial charge in [-0.1, -0.05) is 0 Å². The normalized spacial score (nSPS) is 11.3. The summed E-state index contributed by atoms with van der Waals surface area (Å²) in [5, 5.41) is 6.06. The smallest absolute Gasteiger partial charge is 0.416 e. The maximum Gasteiger partial charge on any atom is 0.416 e. The van der Waals surface area contributed by atoms with Gasteiger partial charge < -0.3 is 14.8 Å². The molecule has 3 aromatic rings. The van der Waals surface area contributed by atoms with Gasteiger partial charge in [0.25, 0.3) is 5.91 Å². The standard InChI is InChI=1S/C19H13F5N4O4/c20-18(21)32-13-4-1-11(2-5-13)17(30)31-8-16(29)27-14-7-12(19(22,23)24)3-6-15(14)28-10-25-9-26-28/h1-7,9-10,18H,8H2,(H,27,29). The molecule has 0 aliphatic rings. The van der Waals surface area contributed by atoms with Crippen LogP contribution in [0.1, 0.15) is 15.9 Å². The molecule has 1 amide bonds. The van der Waals surface area contributed by atoms with E-state index >= 15 is 0 Å². The topological polar surface area (TPSA) is 95.3 Å². The number of hydrogen-bond acceptors (Lipinski definition) is 6. The monoisotopic (exact) mass is 456 g/mol. The largest absolute Gasteiger partial charge is 0.452 e. The summed E-state index contributed by atoms with van der Waals surface area (Å²) in [6, 6.07) is 7.13. The molecule has 0 radical (unpaired) electrons. The Hall–Kier alpha value is -4.03. The number of nitrogens with one attached hydrogen (secondary N) is 1. The minimum atomic E-state index is -4.66. The molecule has 32 heavy (non-hydrogen) atoms. The van der Waals surface area contributed by atoms with Crippen LogP contribution in [0.15, 0.2) is 55.1 Å². The third-order valence-electron chi connectivity index (χ3n) is 3.91. The summed E-state index contributed by atoms with van der Waals surface area (Å²) in [4.78, 5) is 27.9. The molecule has 168 valence electrons. The van der Waals surface area contributed by atoms with Gasteiger partial charge in [0, 0.05) is 0 Å². The van der Waals surface area contributed by atoms with E-state index < -0.39 is 36.8 Å². The number of carbonyl (C=O) groups is 2. The van der Waals surface area contributed by atoms with Gasteiger partial charge in [-0.15, -0.1) is 0 Å². The van der Waals surface area contributed by atoms with Gasteiger partial charge in [-0.3, -0.25) is 4.79 Å². The molecule has 0 aliphatic heterocycles. The maximum atomic E-state index is 13.1. The van der Waals surface area contributed by atoms with Crippen molar-refractivity contribution >= 4 is 17.6 Å². The lowest BCUT2D eigenvalue weighted by Gasteiger charge is -2.14. The first-order valence-corrected chi connectivity index (χ1v) is 8.71. The van der Waals surface area contributed by atoms with E-state index in [1.165, 1.54) is 6.33 Å². The van der Waals surface area contributed by atoms with Crippen LogP contribution in [0.2, 0.25) is 0 Å². The number of nitrogens with zero attached hydrogens (tertiary/aromatic N) is 3. The van der Waals surface area contributed by atoms with Gasteiger partial charge in [0.15, 0.2) is 6.61 Å². The van der Waals surface area contributed by atoms with Gasteiger partial charge in [-0.25, -0.2) is 14.5 Å². The van der Waals surface area contributed by atoms with Gasteiger partial charge in [-0.2, -0.15) is 27.1 Å². The number of aromatic nitrogens is 3. The molecule has 0 saturated heterocycles. The number of ether oxygens (including phenoxy) is 2. The third kappa shape index (κ3) is 5.77. The quantitative estimate of drug-likeness (QED) is 0.431. The Morgan fingerprint density at radius 2 is 1.81 bits per heavy atom. The first-order valence-electron chi connectivity index (χ1n) is 8.71. The number of carbonyl (C=O) groups excluding carboxylic acids is 2. The highest BCUT2D eigenvalue weighted by atomic mass is 19.4. The number of benzene rings is 2. The molecule has 1 aromatic heterocycles. The van der Waals surface area contributed by atoms with E-state index in [0.717, 1.165) is 47.4 Å². The Balaban J connectivity index is 1.68. The Morgan fingerprint density at radius 1 is 1.09 bits per heavy atom. The van der Waals surface area contributed by atoms with Crippen LogP contribution in [-0.2, 0) is 15.7 Å². The minimum absolute atomic E-state index is 0.0539. The van der Waals surface area contributed by atoms with Gasteiger partial charge in [0.1, 0.15) is 18.4 Å². The number of esters is 1. The van der Waals surface area contributed by atoms with Crippen LogP contribution in [0, 0.1) is 0 Å². The van der Waals surface area contributed by atoms with E-state index in [1.54, 1.807) is 0 Å². The van der Waals surface area contributed by atoms with Gasteiger partial charge in [0.05, 0.1) is 22.5 Å².